The number of benzene rings is 1. The van der Waals surface area contributed by atoms with Gasteiger partial charge in [0.2, 0.25) is 0 Å². The van der Waals surface area contributed by atoms with Crippen LogP contribution in [-0.2, 0) is 9.53 Å². The van der Waals surface area contributed by atoms with Gasteiger partial charge < -0.3 is 14.9 Å². The number of aromatic nitrogens is 2. The zero-order chi connectivity index (χ0) is 14.5. The van der Waals surface area contributed by atoms with E-state index in [0.29, 0.717) is 11.3 Å². The van der Waals surface area contributed by atoms with Gasteiger partial charge in [-0.2, -0.15) is 5.10 Å². The molecule has 0 amide bonds. The number of nitrogens with zero attached hydrogens (tertiary/aromatic N) is 1. The molecule has 2 rings (SSSR count). The van der Waals surface area contributed by atoms with Crippen molar-refractivity contribution in [3.63, 3.8) is 0 Å². The number of aromatic amines is 1. The van der Waals surface area contributed by atoms with Gasteiger partial charge in [0.15, 0.2) is 0 Å². The number of hydrogen-bond acceptors (Lipinski definition) is 5. The van der Waals surface area contributed by atoms with Crippen LogP contribution < -0.4 is 0 Å². The SMILES string of the molecule is COC(=O)CC(O)C(O)c1cn[nH]c1-c1ccccc1. The van der Waals surface area contributed by atoms with Crippen LogP contribution in [0.4, 0.5) is 0 Å². The third-order valence-electron chi connectivity index (χ3n) is 3.02. The molecular weight excluding hydrogens is 260 g/mol. The summed E-state index contributed by atoms with van der Waals surface area (Å²) in [6, 6.07) is 9.31. The summed E-state index contributed by atoms with van der Waals surface area (Å²) in [6.07, 6.45) is -1.31. The Kier molecular flexibility index (Phi) is 4.49. The molecule has 1 aromatic heterocycles. The minimum absolute atomic E-state index is 0.281. The number of nitrogens with one attached hydrogen (secondary N) is 1. The lowest BCUT2D eigenvalue weighted by molar-refractivity contribution is -0.144. The van der Waals surface area contributed by atoms with Crippen LogP contribution >= 0.6 is 0 Å². The van der Waals surface area contributed by atoms with Crippen molar-refractivity contribution in [3.05, 3.63) is 42.1 Å². The lowest BCUT2D eigenvalue weighted by Crippen LogP contribution is -2.22. The second-order valence-corrected chi connectivity index (χ2v) is 4.36. The molecule has 0 spiro atoms. The predicted molar refractivity (Wildman–Crippen MR) is 71.6 cm³/mol. The van der Waals surface area contributed by atoms with E-state index < -0.39 is 18.2 Å². The van der Waals surface area contributed by atoms with Gasteiger partial charge in [-0.05, 0) is 5.56 Å². The summed E-state index contributed by atoms with van der Waals surface area (Å²) < 4.78 is 4.47. The third kappa shape index (κ3) is 3.04. The van der Waals surface area contributed by atoms with Crippen molar-refractivity contribution in [2.75, 3.05) is 7.11 Å². The fourth-order valence-corrected chi connectivity index (χ4v) is 1.93. The van der Waals surface area contributed by atoms with E-state index in [1.807, 2.05) is 30.3 Å². The van der Waals surface area contributed by atoms with Crippen LogP contribution in [0.5, 0.6) is 0 Å². The van der Waals surface area contributed by atoms with E-state index in [9.17, 15) is 15.0 Å². The summed E-state index contributed by atoms with van der Waals surface area (Å²) in [5, 5.41) is 26.7. The Labute approximate surface area is 116 Å². The van der Waals surface area contributed by atoms with Gasteiger partial charge >= 0.3 is 5.97 Å². The molecule has 0 aliphatic carbocycles. The van der Waals surface area contributed by atoms with Gasteiger partial charge in [0, 0.05) is 5.56 Å². The molecule has 106 valence electrons. The molecule has 2 aromatic rings. The number of hydrogen-bond donors (Lipinski definition) is 3. The van der Waals surface area contributed by atoms with Crippen LogP contribution in [0.1, 0.15) is 18.1 Å². The Bertz CT molecular complexity index is 568. The molecule has 6 nitrogen and oxygen atoms in total. The van der Waals surface area contributed by atoms with Gasteiger partial charge in [-0.25, -0.2) is 0 Å². The van der Waals surface area contributed by atoms with Crippen LogP contribution in [-0.4, -0.2) is 39.6 Å². The zero-order valence-electron chi connectivity index (χ0n) is 11.0. The molecule has 20 heavy (non-hydrogen) atoms. The topological polar surface area (TPSA) is 95.4 Å². The van der Waals surface area contributed by atoms with Gasteiger partial charge in [-0.3, -0.25) is 9.89 Å². The van der Waals surface area contributed by atoms with Crippen molar-refractivity contribution in [3.8, 4) is 11.3 Å². The van der Waals surface area contributed by atoms with E-state index in [1.54, 1.807) is 0 Å². The second kappa shape index (κ2) is 6.31. The largest absolute Gasteiger partial charge is 0.469 e. The van der Waals surface area contributed by atoms with Crippen LogP contribution in [0.15, 0.2) is 36.5 Å². The monoisotopic (exact) mass is 276 g/mol. The number of methoxy groups -OCH3 is 1. The predicted octanol–water partition coefficient (Wildman–Crippen LogP) is 1.03. The molecular formula is C14H16N2O4. The van der Waals surface area contributed by atoms with Gasteiger partial charge in [-0.15, -0.1) is 0 Å². The molecule has 6 heteroatoms. The first-order chi connectivity index (χ1) is 9.63. The van der Waals surface area contributed by atoms with Crippen molar-refractivity contribution in [2.45, 2.75) is 18.6 Å². The summed E-state index contributed by atoms with van der Waals surface area (Å²) in [6.45, 7) is 0. The van der Waals surface area contributed by atoms with Gasteiger partial charge in [0.25, 0.3) is 0 Å². The molecule has 2 unspecified atom stereocenters. The molecule has 0 saturated heterocycles. The molecule has 0 radical (unpaired) electrons. The Balaban J connectivity index is 2.21. The van der Waals surface area contributed by atoms with Crippen molar-refractivity contribution in [1.29, 1.82) is 0 Å². The summed E-state index contributed by atoms with van der Waals surface area (Å²) in [4.78, 5) is 11.1. The highest BCUT2D eigenvalue weighted by Crippen LogP contribution is 2.28. The number of H-pyrrole nitrogens is 1. The molecule has 3 N–H and O–H groups in total. The third-order valence-corrected chi connectivity index (χ3v) is 3.02. The Morgan fingerprint density at radius 2 is 2.05 bits per heavy atom. The number of ether oxygens (including phenoxy) is 1. The standard InChI is InChI=1S/C14H16N2O4/c1-20-12(18)7-11(17)14(19)10-8-15-16-13(10)9-5-3-2-4-6-9/h2-6,8,11,14,17,19H,7H2,1H3,(H,15,16). The average Bonchev–Trinajstić information content (AvgIpc) is 2.96. The minimum atomic E-state index is -1.25. The maximum absolute atomic E-state index is 11.1. The Hall–Kier alpha value is -2.18. The second-order valence-electron chi connectivity index (χ2n) is 4.36. The molecule has 0 saturated carbocycles. The van der Waals surface area contributed by atoms with Crippen molar-refractivity contribution >= 4 is 5.97 Å². The summed E-state index contributed by atoms with van der Waals surface area (Å²) in [5.41, 5.74) is 1.89. The lowest BCUT2D eigenvalue weighted by atomic mass is 9.99. The van der Waals surface area contributed by atoms with Crippen LogP contribution in [0, 0.1) is 0 Å². The van der Waals surface area contributed by atoms with E-state index in [2.05, 4.69) is 14.9 Å². The Morgan fingerprint density at radius 3 is 2.70 bits per heavy atom. The number of rotatable bonds is 5. The molecule has 0 aliphatic heterocycles. The summed E-state index contributed by atoms with van der Waals surface area (Å²) >= 11 is 0. The molecule has 1 heterocycles. The minimum Gasteiger partial charge on any atom is -0.469 e. The number of aliphatic hydroxyl groups excluding tert-OH is 2. The normalized spacial score (nSPS) is 13.8. The van der Waals surface area contributed by atoms with Gasteiger partial charge in [0.05, 0.1) is 31.5 Å². The molecule has 1 aromatic carbocycles. The quantitative estimate of drug-likeness (QED) is 0.709. The molecule has 0 fully saturated rings. The van der Waals surface area contributed by atoms with Crippen LogP contribution in [0.25, 0.3) is 11.3 Å². The number of aliphatic hydroxyl groups is 2. The average molecular weight is 276 g/mol. The highest BCUT2D eigenvalue weighted by atomic mass is 16.5. The van der Waals surface area contributed by atoms with Gasteiger partial charge in [-0.1, -0.05) is 30.3 Å². The summed E-state index contributed by atoms with van der Waals surface area (Å²) in [5.74, 6) is -0.582. The smallest absolute Gasteiger partial charge is 0.308 e. The van der Waals surface area contributed by atoms with Crippen molar-refractivity contribution in [2.24, 2.45) is 0 Å². The van der Waals surface area contributed by atoms with Crippen LogP contribution in [0.2, 0.25) is 0 Å². The Morgan fingerprint density at radius 1 is 1.35 bits per heavy atom. The first kappa shape index (κ1) is 14.2. The summed E-state index contributed by atoms with van der Waals surface area (Å²) in [7, 11) is 1.23. The first-order valence-corrected chi connectivity index (χ1v) is 6.15. The van der Waals surface area contributed by atoms with E-state index in [0.717, 1.165) is 5.56 Å². The zero-order valence-corrected chi connectivity index (χ0v) is 11.0. The number of esters is 1. The van der Waals surface area contributed by atoms with Gasteiger partial charge in [0.1, 0.15) is 6.10 Å². The lowest BCUT2D eigenvalue weighted by Gasteiger charge is -2.17. The molecule has 0 bridgehead atoms. The highest BCUT2D eigenvalue weighted by molar-refractivity contribution is 5.70. The van der Waals surface area contributed by atoms with E-state index >= 15 is 0 Å². The maximum atomic E-state index is 11.1. The fourth-order valence-electron chi connectivity index (χ4n) is 1.93. The first-order valence-electron chi connectivity index (χ1n) is 6.15. The molecule has 0 aliphatic rings. The number of carbonyl (C=O) groups excluding carboxylic acids is 1. The highest BCUT2D eigenvalue weighted by Gasteiger charge is 2.25. The fraction of sp³-hybridized carbons (Fsp3) is 0.286. The molecule has 2 atom stereocenters. The van der Waals surface area contributed by atoms with E-state index in [4.69, 9.17) is 0 Å². The van der Waals surface area contributed by atoms with E-state index in [1.165, 1.54) is 13.3 Å². The van der Waals surface area contributed by atoms with Crippen LogP contribution in [0.3, 0.4) is 0 Å². The van der Waals surface area contributed by atoms with E-state index in [-0.39, 0.29) is 6.42 Å². The maximum Gasteiger partial charge on any atom is 0.308 e. The van der Waals surface area contributed by atoms with Crippen molar-refractivity contribution in [1.82, 2.24) is 10.2 Å². The number of carbonyl (C=O) groups is 1. The van der Waals surface area contributed by atoms with Crippen molar-refractivity contribution < 1.29 is 19.7 Å².